The number of carbonyl (C=O) groups excluding carboxylic acids is 1. The minimum absolute atomic E-state index is 0.0491. The molecule has 0 aliphatic carbocycles. The molecule has 3 rings (SSSR count). The first-order valence-corrected chi connectivity index (χ1v) is 9.13. The first-order chi connectivity index (χ1) is 13.5. The molecular weight excluding hydrogens is 363 g/mol. The van der Waals surface area contributed by atoms with Crippen LogP contribution >= 0.6 is 0 Å². The minimum atomic E-state index is -0.247. The molecule has 150 valence electrons. The molecule has 0 unspecified atom stereocenters. The lowest BCUT2D eigenvalue weighted by atomic mass is 10.1. The zero-order valence-corrected chi connectivity index (χ0v) is 16.4. The lowest BCUT2D eigenvalue weighted by molar-refractivity contribution is -0.130. The van der Waals surface area contributed by atoms with Crippen molar-refractivity contribution in [2.45, 2.75) is 6.42 Å². The Morgan fingerprint density at radius 2 is 1.50 bits per heavy atom. The Hall–Kier alpha value is -2.96. The second kappa shape index (κ2) is 8.82. The molecule has 0 saturated carbocycles. The Bertz CT molecular complexity index is 793. The van der Waals surface area contributed by atoms with Crippen LogP contribution in [0.2, 0.25) is 0 Å². The van der Waals surface area contributed by atoms with Crippen molar-refractivity contribution in [2.24, 2.45) is 0 Å². The average Bonchev–Trinajstić information content (AvgIpc) is 2.73. The second-order valence-corrected chi connectivity index (χ2v) is 6.55. The molecule has 2 aromatic rings. The fraction of sp³-hybridized carbons (Fsp3) is 0.381. The van der Waals surface area contributed by atoms with E-state index in [0.29, 0.717) is 43.4 Å². The zero-order valence-electron chi connectivity index (χ0n) is 16.4. The lowest BCUT2D eigenvalue weighted by Gasteiger charge is -2.36. The van der Waals surface area contributed by atoms with Gasteiger partial charge in [0.25, 0.3) is 0 Å². The van der Waals surface area contributed by atoms with Crippen LogP contribution in [0.3, 0.4) is 0 Å². The number of rotatable bonds is 6. The van der Waals surface area contributed by atoms with E-state index in [0.717, 1.165) is 11.3 Å². The molecule has 0 bridgehead atoms. The van der Waals surface area contributed by atoms with Gasteiger partial charge in [-0.1, -0.05) is 0 Å². The Labute approximate surface area is 164 Å². The Morgan fingerprint density at radius 1 is 0.929 bits per heavy atom. The number of nitrogens with zero attached hydrogens (tertiary/aromatic N) is 2. The highest BCUT2D eigenvalue weighted by Crippen LogP contribution is 2.38. The van der Waals surface area contributed by atoms with Gasteiger partial charge in [0.15, 0.2) is 11.5 Å². The molecule has 2 aromatic carbocycles. The van der Waals surface area contributed by atoms with Gasteiger partial charge in [0, 0.05) is 31.9 Å². The predicted molar refractivity (Wildman–Crippen MR) is 105 cm³/mol. The lowest BCUT2D eigenvalue weighted by Crippen LogP contribution is -2.49. The molecule has 0 radical (unpaired) electrons. The van der Waals surface area contributed by atoms with Gasteiger partial charge < -0.3 is 24.0 Å². The number of piperazine rings is 1. The summed E-state index contributed by atoms with van der Waals surface area (Å²) < 4.78 is 29.1. The predicted octanol–water partition coefficient (Wildman–Crippen LogP) is 2.74. The van der Waals surface area contributed by atoms with Crippen molar-refractivity contribution in [3.63, 3.8) is 0 Å². The molecule has 0 N–H and O–H groups in total. The third kappa shape index (κ3) is 4.30. The molecule has 6 nitrogen and oxygen atoms in total. The van der Waals surface area contributed by atoms with Crippen molar-refractivity contribution in [1.82, 2.24) is 4.90 Å². The number of hydrogen-bond donors (Lipinski definition) is 0. The smallest absolute Gasteiger partial charge is 0.227 e. The highest BCUT2D eigenvalue weighted by atomic mass is 19.1. The maximum Gasteiger partial charge on any atom is 0.227 e. The van der Waals surface area contributed by atoms with Gasteiger partial charge in [-0.3, -0.25) is 4.79 Å². The largest absolute Gasteiger partial charge is 0.493 e. The minimum Gasteiger partial charge on any atom is -0.493 e. The van der Waals surface area contributed by atoms with Gasteiger partial charge in [0.1, 0.15) is 5.82 Å². The van der Waals surface area contributed by atoms with Gasteiger partial charge in [-0.25, -0.2) is 4.39 Å². The van der Waals surface area contributed by atoms with Crippen LogP contribution < -0.4 is 19.1 Å². The molecule has 0 atom stereocenters. The number of halogens is 1. The molecule has 1 aliphatic rings. The van der Waals surface area contributed by atoms with E-state index in [1.165, 1.54) is 12.1 Å². The third-order valence-corrected chi connectivity index (χ3v) is 4.90. The standard InChI is InChI=1S/C21H25FN2O4/c1-26-18-12-15(13-19(27-2)21(18)28-3)14-20(25)24-10-8-23(9-11-24)17-6-4-16(22)5-7-17/h4-7,12-13H,8-11,14H2,1-3H3. The first kappa shape index (κ1) is 19.8. The molecule has 0 spiro atoms. The number of carbonyl (C=O) groups is 1. The van der Waals surface area contributed by atoms with Crippen LogP contribution in [0.15, 0.2) is 36.4 Å². The summed E-state index contributed by atoms with van der Waals surface area (Å²) in [6, 6.07) is 10.0. The molecular formula is C21H25FN2O4. The fourth-order valence-electron chi connectivity index (χ4n) is 3.39. The van der Waals surface area contributed by atoms with Gasteiger partial charge in [0.2, 0.25) is 11.7 Å². The number of anilines is 1. The Morgan fingerprint density at radius 3 is 2.00 bits per heavy atom. The number of benzene rings is 2. The molecule has 7 heteroatoms. The highest BCUT2D eigenvalue weighted by molar-refractivity contribution is 5.79. The van der Waals surface area contributed by atoms with Crippen molar-refractivity contribution in [2.75, 3.05) is 52.4 Å². The number of ether oxygens (including phenoxy) is 3. The average molecular weight is 388 g/mol. The van der Waals surface area contributed by atoms with Crippen molar-refractivity contribution in [3.05, 3.63) is 47.8 Å². The van der Waals surface area contributed by atoms with Crippen molar-refractivity contribution in [3.8, 4) is 17.2 Å². The van der Waals surface area contributed by atoms with Gasteiger partial charge in [0.05, 0.1) is 27.8 Å². The number of amides is 1. The Balaban J connectivity index is 1.63. The van der Waals surface area contributed by atoms with Crippen LogP contribution in [-0.2, 0) is 11.2 Å². The third-order valence-electron chi connectivity index (χ3n) is 4.90. The van der Waals surface area contributed by atoms with Gasteiger partial charge in [-0.05, 0) is 42.0 Å². The van der Waals surface area contributed by atoms with Crippen molar-refractivity contribution < 1.29 is 23.4 Å². The maximum atomic E-state index is 13.1. The summed E-state index contributed by atoms with van der Waals surface area (Å²) in [5, 5.41) is 0. The summed E-state index contributed by atoms with van der Waals surface area (Å²) in [6.07, 6.45) is 0.257. The summed E-state index contributed by atoms with van der Waals surface area (Å²) in [5.41, 5.74) is 1.78. The van der Waals surface area contributed by atoms with E-state index >= 15 is 0 Å². The van der Waals surface area contributed by atoms with E-state index in [1.807, 2.05) is 4.90 Å². The van der Waals surface area contributed by atoms with Crippen molar-refractivity contribution in [1.29, 1.82) is 0 Å². The molecule has 1 fully saturated rings. The fourth-order valence-corrected chi connectivity index (χ4v) is 3.39. The van der Waals surface area contributed by atoms with E-state index in [2.05, 4.69) is 4.90 Å². The normalized spacial score (nSPS) is 14.0. The van der Waals surface area contributed by atoms with E-state index in [4.69, 9.17) is 14.2 Å². The van der Waals surface area contributed by atoms with Gasteiger partial charge in [-0.15, -0.1) is 0 Å². The van der Waals surface area contributed by atoms with Gasteiger partial charge >= 0.3 is 0 Å². The summed E-state index contributed by atoms with van der Waals surface area (Å²) in [4.78, 5) is 16.8. The van der Waals surface area contributed by atoms with Crippen LogP contribution in [0, 0.1) is 5.82 Å². The van der Waals surface area contributed by atoms with Crippen LogP contribution in [0.25, 0.3) is 0 Å². The summed E-state index contributed by atoms with van der Waals surface area (Å²) in [7, 11) is 4.65. The topological polar surface area (TPSA) is 51.2 Å². The van der Waals surface area contributed by atoms with Crippen LogP contribution in [0.1, 0.15) is 5.56 Å². The monoisotopic (exact) mass is 388 g/mol. The molecule has 1 aliphatic heterocycles. The van der Waals surface area contributed by atoms with E-state index < -0.39 is 0 Å². The molecule has 1 saturated heterocycles. The SMILES string of the molecule is COc1cc(CC(=O)N2CCN(c3ccc(F)cc3)CC2)cc(OC)c1OC. The molecule has 28 heavy (non-hydrogen) atoms. The number of hydrogen-bond acceptors (Lipinski definition) is 5. The summed E-state index contributed by atoms with van der Waals surface area (Å²) in [5.74, 6) is 1.38. The zero-order chi connectivity index (χ0) is 20.1. The summed E-state index contributed by atoms with van der Waals surface area (Å²) >= 11 is 0. The maximum absolute atomic E-state index is 13.1. The number of methoxy groups -OCH3 is 3. The second-order valence-electron chi connectivity index (χ2n) is 6.55. The van der Waals surface area contributed by atoms with Crippen LogP contribution in [0.5, 0.6) is 17.2 Å². The van der Waals surface area contributed by atoms with Crippen molar-refractivity contribution >= 4 is 11.6 Å². The quantitative estimate of drug-likeness (QED) is 0.762. The Kier molecular flexibility index (Phi) is 6.23. The molecule has 1 amide bonds. The first-order valence-electron chi connectivity index (χ1n) is 9.13. The van der Waals surface area contributed by atoms with E-state index in [1.54, 1.807) is 45.6 Å². The molecule has 0 aromatic heterocycles. The highest BCUT2D eigenvalue weighted by Gasteiger charge is 2.22. The summed E-state index contributed by atoms with van der Waals surface area (Å²) in [6.45, 7) is 2.68. The van der Waals surface area contributed by atoms with E-state index in [-0.39, 0.29) is 18.1 Å². The molecule has 1 heterocycles. The van der Waals surface area contributed by atoms with Crippen LogP contribution in [-0.4, -0.2) is 58.3 Å². The van der Waals surface area contributed by atoms with Crippen LogP contribution in [0.4, 0.5) is 10.1 Å². The van der Waals surface area contributed by atoms with Gasteiger partial charge in [-0.2, -0.15) is 0 Å². The van der Waals surface area contributed by atoms with E-state index in [9.17, 15) is 9.18 Å².